The van der Waals surface area contributed by atoms with Crippen molar-refractivity contribution in [1.82, 2.24) is 4.90 Å². The molecule has 64 valence electrons. The van der Waals surface area contributed by atoms with Gasteiger partial charge in [0.2, 0.25) is 0 Å². The summed E-state index contributed by atoms with van der Waals surface area (Å²) in [5.74, 6) is 2.12. The monoisotopic (exact) mass is 199 g/mol. The highest BCUT2D eigenvalue weighted by atomic mass is 32.2. The van der Waals surface area contributed by atoms with Crippen molar-refractivity contribution in [3.8, 4) is 0 Å². The fourth-order valence-electron chi connectivity index (χ4n) is 1.14. The van der Waals surface area contributed by atoms with Crippen LogP contribution in [0.25, 0.3) is 0 Å². The first-order valence-corrected chi connectivity index (χ1v) is 5.87. The van der Waals surface area contributed by atoms with Gasteiger partial charge in [0.1, 0.15) is 0 Å². The van der Waals surface area contributed by atoms with Crippen LogP contribution in [0.5, 0.6) is 0 Å². The highest BCUT2D eigenvalue weighted by molar-refractivity contribution is 7.99. The Morgan fingerprint density at radius 1 is 1.58 bits per heavy atom. The molecule has 1 aliphatic heterocycles. The minimum Gasteiger partial charge on any atom is -0.329 e. The van der Waals surface area contributed by atoms with Crippen LogP contribution in [-0.2, 0) is 0 Å². The van der Waals surface area contributed by atoms with Crippen molar-refractivity contribution in [3.05, 3.63) is 22.4 Å². The molecule has 0 radical (unpaired) electrons. The van der Waals surface area contributed by atoms with Crippen LogP contribution in [0.15, 0.2) is 16.8 Å². The number of rotatable bonds is 1. The Morgan fingerprint density at radius 2 is 2.50 bits per heavy atom. The van der Waals surface area contributed by atoms with E-state index in [1.165, 1.54) is 0 Å². The highest BCUT2D eigenvalue weighted by Gasteiger charge is 2.19. The Kier molecular flexibility index (Phi) is 2.37. The second kappa shape index (κ2) is 3.49. The molecule has 1 aromatic heterocycles. The third-order valence-corrected chi connectivity index (χ3v) is 3.46. The Morgan fingerprint density at radius 3 is 3.08 bits per heavy atom. The summed E-state index contributed by atoms with van der Waals surface area (Å²) in [6.45, 7) is 0.902. The number of thioether (sulfide) groups is 1. The summed E-state index contributed by atoms with van der Waals surface area (Å²) in [6, 6.07) is 1.88. The van der Waals surface area contributed by atoms with E-state index in [9.17, 15) is 4.79 Å². The number of amides is 1. The van der Waals surface area contributed by atoms with Gasteiger partial charge in [0.25, 0.3) is 5.91 Å². The molecule has 0 aromatic carbocycles. The van der Waals surface area contributed by atoms with Crippen LogP contribution < -0.4 is 0 Å². The van der Waals surface area contributed by atoms with Gasteiger partial charge in [0.05, 0.1) is 11.4 Å². The zero-order valence-corrected chi connectivity index (χ0v) is 8.16. The number of thiophene rings is 1. The molecule has 0 atom stereocenters. The van der Waals surface area contributed by atoms with E-state index in [1.807, 2.05) is 33.5 Å². The lowest BCUT2D eigenvalue weighted by Gasteiger charge is -2.12. The lowest BCUT2D eigenvalue weighted by Crippen LogP contribution is -2.27. The van der Waals surface area contributed by atoms with Crippen molar-refractivity contribution >= 4 is 29.0 Å². The summed E-state index contributed by atoms with van der Waals surface area (Å²) in [5.41, 5.74) is 0.836. The molecule has 0 saturated carbocycles. The zero-order valence-electron chi connectivity index (χ0n) is 6.53. The van der Waals surface area contributed by atoms with Crippen LogP contribution in [0.1, 0.15) is 10.4 Å². The average Bonchev–Trinajstić information content (AvgIpc) is 2.77. The molecule has 2 nitrogen and oxygen atoms in total. The van der Waals surface area contributed by atoms with E-state index in [-0.39, 0.29) is 5.91 Å². The van der Waals surface area contributed by atoms with Gasteiger partial charge in [-0.1, -0.05) is 0 Å². The summed E-state index contributed by atoms with van der Waals surface area (Å²) >= 11 is 3.39. The normalized spacial score (nSPS) is 16.8. The van der Waals surface area contributed by atoms with E-state index in [1.54, 1.807) is 11.3 Å². The molecular weight excluding hydrogens is 190 g/mol. The van der Waals surface area contributed by atoms with Gasteiger partial charge in [-0.25, -0.2) is 0 Å². The van der Waals surface area contributed by atoms with E-state index in [2.05, 4.69) is 0 Å². The first-order chi connectivity index (χ1) is 5.88. The topological polar surface area (TPSA) is 20.3 Å². The van der Waals surface area contributed by atoms with E-state index >= 15 is 0 Å². The van der Waals surface area contributed by atoms with Crippen LogP contribution in [0, 0.1) is 0 Å². The molecule has 2 heterocycles. The van der Waals surface area contributed by atoms with Crippen molar-refractivity contribution in [3.63, 3.8) is 0 Å². The second-order valence-electron chi connectivity index (χ2n) is 2.62. The van der Waals surface area contributed by atoms with Gasteiger partial charge in [0.15, 0.2) is 0 Å². The van der Waals surface area contributed by atoms with Gasteiger partial charge < -0.3 is 4.90 Å². The quantitative estimate of drug-likeness (QED) is 0.688. The van der Waals surface area contributed by atoms with Crippen LogP contribution in [0.2, 0.25) is 0 Å². The smallest absolute Gasteiger partial charge is 0.255 e. The predicted molar refractivity (Wildman–Crippen MR) is 52.7 cm³/mol. The molecule has 0 bridgehead atoms. The minimum absolute atomic E-state index is 0.182. The third kappa shape index (κ3) is 1.49. The van der Waals surface area contributed by atoms with Gasteiger partial charge in [-0.15, -0.1) is 11.8 Å². The van der Waals surface area contributed by atoms with E-state index in [0.29, 0.717) is 0 Å². The summed E-state index contributed by atoms with van der Waals surface area (Å²) in [7, 11) is 0. The second-order valence-corrected chi connectivity index (χ2v) is 4.47. The van der Waals surface area contributed by atoms with Gasteiger partial charge in [-0.05, 0) is 11.4 Å². The molecule has 0 spiro atoms. The molecule has 0 N–H and O–H groups in total. The molecule has 0 aliphatic carbocycles. The first kappa shape index (κ1) is 8.13. The summed E-state index contributed by atoms with van der Waals surface area (Å²) in [5, 5.41) is 3.85. The first-order valence-electron chi connectivity index (χ1n) is 3.77. The fourth-order valence-corrected chi connectivity index (χ4v) is 2.72. The Labute approximate surface area is 79.6 Å². The van der Waals surface area contributed by atoms with Gasteiger partial charge in [-0.3, -0.25) is 4.79 Å². The lowest BCUT2D eigenvalue weighted by atomic mass is 10.3. The fraction of sp³-hybridized carbons (Fsp3) is 0.375. The van der Waals surface area contributed by atoms with Gasteiger partial charge >= 0.3 is 0 Å². The number of hydrogen-bond acceptors (Lipinski definition) is 3. The van der Waals surface area contributed by atoms with E-state index in [4.69, 9.17) is 0 Å². The van der Waals surface area contributed by atoms with Crippen molar-refractivity contribution < 1.29 is 4.79 Å². The summed E-state index contributed by atoms with van der Waals surface area (Å²) in [6.07, 6.45) is 0. The molecule has 1 saturated heterocycles. The van der Waals surface area contributed by atoms with Crippen molar-refractivity contribution in [2.75, 3.05) is 18.2 Å². The Balaban J connectivity index is 2.09. The average molecular weight is 199 g/mol. The van der Waals surface area contributed by atoms with E-state index < -0.39 is 0 Å². The Bertz CT molecular complexity index is 265. The standard InChI is InChI=1S/C8H9NOS2/c10-8(7-1-3-11-5-7)9-2-4-12-6-9/h1,3,5H,2,4,6H2. The summed E-state index contributed by atoms with van der Waals surface area (Å²) in [4.78, 5) is 13.5. The molecule has 2 rings (SSSR count). The lowest BCUT2D eigenvalue weighted by molar-refractivity contribution is 0.0803. The molecule has 1 aliphatic rings. The van der Waals surface area contributed by atoms with Crippen molar-refractivity contribution in [2.24, 2.45) is 0 Å². The van der Waals surface area contributed by atoms with Crippen LogP contribution >= 0.6 is 23.1 Å². The molecule has 1 amide bonds. The van der Waals surface area contributed by atoms with Crippen LogP contribution in [-0.4, -0.2) is 29.0 Å². The highest BCUT2D eigenvalue weighted by Crippen LogP contribution is 2.17. The zero-order chi connectivity index (χ0) is 8.39. The maximum absolute atomic E-state index is 11.6. The maximum atomic E-state index is 11.6. The van der Waals surface area contributed by atoms with Gasteiger partial charge in [-0.2, -0.15) is 11.3 Å². The molecular formula is C8H9NOS2. The number of nitrogens with zero attached hydrogens (tertiary/aromatic N) is 1. The predicted octanol–water partition coefficient (Wildman–Crippen LogP) is 1.89. The van der Waals surface area contributed by atoms with Gasteiger partial charge in [0, 0.05) is 17.7 Å². The van der Waals surface area contributed by atoms with Crippen molar-refractivity contribution in [2.45, 2.75) is 0 Å². The number of carbonyl (C=O) groups is 1. The molecule has 0 unspecified atom stereocenters. The summed E-state index contributed by atoms with van der Waals surface area (Å²) < 4.78 is 0. The van der Waals surface area contributed by atoms with E-state index in [0.717, 1.165) is 23.7 Å². The number of carbonyl (C=O) groups excluding carboxylic acids is 1. The molecule has 1 fully saturated rings. The molecule has 12 heavy (non-hydrogen) atoms. The molecule has 1 aromatic rings. The largest absolute Gasteiger partial charge is 0.329 e. The third-order valence-electron chi connectivity index (χ3n) is 1.81. The SMILES string of the molecule is O=C(c1ccsc1)N1CCSC1. The molecule has 4 heteroatoms. The van der Waals surface area contributed by atoms with Crippen LogP contribution in [0.3, 0.4) is 0 Å². The minimum atomic E-state index is 0.182. The van der Waals surface area contributed by atoms with Crippen LogP contribution in [0.4, 0.5) is 0 Å². The number of hydrogen-bond donors (Lipinski definition) is 0. The Hall–Kier alpha value is -0.480. The van der Waals surface area contributed by atoms with Crippen molar-refractivity contribution in [1.29, 1.82) is 0 Å². The maximum Gasteiger partial charge on any atom is 0.255 e.